The second kappa shape index (κ2) is 6.58. The van der Waals surface area contributed by atoms with Crippen LogP contribution in [-0.4, -0.2) is 40.8 Å². The summed E-state index contributed by atoms with van der Waals surface area (Å²) in [6, 6.07) is 4.52. The molecule has 0 saturated carbocycles. The van der Waals surface area contributed by atoms with Crippen LogP contribution >= 0.6 is 0 Å². The van der Waals surface area contributed by atoms with Crippen LogP contribution in [0.1, 0.15) is 53.7 Å². The summed E-state index contributed by atoms with van der Waals surface area (Å²) in [6.07, 6.45) is 5.99. The Labute approximate surface area is 136 Å². The molecule has 23 heavy (non-hydrogen) atoms. The lowest BCUT2D eigenvalue weighted by atomic mass is 10.0. The Balaban J connectivity index is 1.65. The number of carbonyl (C=O) groups is 1. The second-order valence-corrected chi connectivity index (χ2v) is 6.08. The number of piperidine rings is 1. The molecule has 0 N–H and O–H groups in total. The molecule has 6 nitrogen and oxygen atoms in total. The normalized spacial score (nSPS) is 18.0. The fourth-order valence-electron chi connectivity index (χ4n) is 3.22. The van der Waals surface area contributed by atoms with Gasteiger partial charge in [0, 0.05) is 31.0 Å². The lowest BCUT2D eigenvalue weighted by Crippen LogP contribution is -2.36. The van der Waals surface area contributed by atoms with Gasteiger partial charge in [-0.15, -0.1) is 0 Å². The van der Waals surface area contributed by atoms with E-state index in [2.05, 4.69) is 21.6 Å². The van der Waals surface area contributed by atoms with Gasteiger partial charge >= 0.3 is 5.97 Å². The molecule has 1 aliphatic rings. The van der Waals surface area contributed by atoms with Crippen molar-refractivity contribution >= 4 is 5.97 Å². The van der Waals surface area contributed by atoms with E-state index < -0.39 is 5.97 Å². The Morgan fingerprint density at radius 1 is 1.43 bits per heavy atom. The van der Waals surface area contributed by atoms with Crippen LogP contribution in [0.3, 0.4) is 0 Å². The van der Waals surface area contributed by atoms with Gasteiger partial charge in [0.15, 0.2) is 0 Å². The summed E-state index contributed by atoms with van der Waals surface area (Å²) in [7, 11) is 1.37. The van der Waals surface area contributed by atoms with Gasteiger partial charge in [0.1, 0.15) is 5.76 Å². The zero-order valence-corrected chi connectivity index (χ0v) is 13.9. The minimum absolute atomic E-state index is 0.144. The van der Waals surface area contributed by atoms with Crippen molar-refractivity contribution in [2.45, 2.75) is 38.8 Å². The lowest BCUT2D eigenvalue weighted by molar-refractivity contribution is 0.0555. The van der Waals surface area contributed by atoms with Gasteiger partial charge in [0.25, 0.3) is 0 Å². The van der Waals surface area contributed by atoms with E-state index >= 15 is 0 Å². The third-order valence-corrected chi connectivity index (χ3v) is 4.67. The van der Waals surface area contributed by atoms with Crippen molar-refractivity contribution in [2.24, 2.45) is 0 Å². The minimum atomic E-state index is -0.418. The fraction of sp³-hybridized carbons (Fsp3) is 0.529. The summed E-state index contributed by atoms with van der Waals surface area (Å²) < 4.78 is 12.6. The van der Waals surface area contributed by atoms with Crippen molar-refractivity contribution in [2.75, 3.05) is 20.2 Å². The summed E-state index contributed by atoms with van der Waals surface area (Å²) in [5.74, 6) is 0.708. The van der Waals surface area contributed by atoms with Crippen LogP contribution < -0.4 is 0 Å². The fourth-order valence-corrected chi connectivity index (χ4v) is 3.22. The van der Waals surface area contributed by atoms with Gasteiger partial charge in [-0.2, -0.15) is 5.10 Å². The largest absolute Gasteiger partial charge is 0.463 e. The summed E-state index contributed by atoms with van der Waals surface area (Å²) in [6.45, 7) is 5.96. The van der Waals surface area contributed by atoms with Crippen molar-refractivity contribution < 1.29 is 13.9 Å². The molecule has 0 aliphatic carbocycles. The first-order valence-electron chi connectivity index (χ1n) is 8.02. The van der Waals surface area contributed by atoms with Gasteiger partial charge < -0.3 is 9.15 Å². The predicted octanol–water partition coefficient (Wildman–Crippen LogP) is 2.97. The Morgan fingerprint density at radius 2 is 2.17 bits per heavy atom. The number of ether oxygens (including phenoxy) is 1. The lowest BCUT2D eigenvalue weighted by Gasteiger charge is -2.35. The number of aromatic nitrogens is 2. The molecule has 124 valence electrons. The summed E-state index contributed by atoms with van der Waals surface area (Å²) in [5.41, 5.74) is 0.824. The first-order valence-corrected chi connectivity index (χ1v) is 8.02. The SMILES string of the molecule is COC(=O)c1oc([C@H](C)N2CCC(n3cccn3)CC2)cc1C. The van der Waals surface area contributed by atoms with Crippen molar-refractivity contribution in [3.05, 3.63) is 41.6 Å². The van der Waals surface area contributed by atoms with Crippen LogP contribution in [0.25, 0.3) is 0 Å². The monoisotopic (exact) mass is 317 g/mol. The number of hydrogen-bond donors (Lipinski definition) is 0. The average molecular weight is 317 g/mol. The molecule has 0 radical (unpaired) electrons. The second-order valence-electron chi connectivity index (χ2n) is 6.08. The van der Waals surface area contributed by atoms with Crippen LogP contribution in [0.5, 0.6) is 0 Å². The van der Waals surface area contributed by atoms with Gasteiger partial charge in [0.05, 0.1) is 19.2 Å². The van der Waals surface area contributed by atoms with Gasteiger partial charge in [0.2, 0.25) is 5.76 Å². The highest BCUT2D eigenvalue weighted by atomic mass is 16.5. The zero-order valence-electron chi connectivity index (χ0n) is 13.9. The van der Waals surface area contributed by atoms with E-state index in [0.29, 0.717) is 11.8 Å². The molecule has 1 saturated heterocycles. The number of hydrogen-bond acceptors (Lipinski definition) is 5. The number of esters is 1. The van der Waals surface area contributed by atoms with Crippen LogP contribution in [0.15, 0.2) is 28.9 Å². The quantitative estimate of drug-likeness (QED) is 0.811. The summed E-state index contributed by atoms with van der Waals surface area (Å²) in [5, 5.41) is 4.34. The first-order chi connectivity index (χ1) is 11.1. The molecule has 1 atom stereocenters. The van der Waals surface area contributed by atoms with E-state index in [4.69, 9.17) is 9.15 Å². The molecule has 3 rings (SSSR count). The third kappa shape index (κ3) is 3.17. The molecule has 0 amide bonds. The van der Waals surface area contributed by atoms with Gasteiger partial charge in [-0.3, -0.25) is 9.58 Å². The van der Waals surface area contributed by atoms with Crippen molar-refractivity contribution in [1.82, 2.24) is 14.7 Å². The van der Waals surface area contributed by atoms with Gasteiger partial charge in [-0.1, -0.05) is 0 Å². The molecule has 0 unspecified atom stereocenters. The molecule has 2 aromatic heterocycles. The van der Waals surface area contributed by atoms with Gasteiger partial charge in [-0.25, -0.2) is 4.79 Å². The first kappa shape index (κ1) is 15.8. The average Bonchev–Trinajstić information content (AvgIpc) is 3.23. The highest BCUT2D eigenvalue weighted by Crippen LogP contribution is 2.30. The van der Waals surface area contributed by atoms with E-state index in [-0.39, 0.29) is 6.04 Å². The number of aryl methyl sites for hydroxylation is 1. The van der Waals surface area contributed by atoms with Crippen molar-refractivity contribution in [1.29, 1.82) is 0 Å². The van der Waals surface area contributed by atoms with E-state index in [1.807, 2.05) is 31.5 Å². The number of rotatable bonds is 4. The molecule has 0 spiro atoms. The van der Waals surface area contributed by atoms with E-state index in [1.165, 1.54) is 7.11 Å². The third-order valence-electron chi connectivity index (χ3n) is 4.67. The number of nitrogens with zero attached hydrogens (tertiary/aromatic N) is 3. The van der Waals surface area contributed by atoms with E-state index in [9.17, 15) is 4.79 Å². The Bertz CT molecular complexity index is 655. The highest BCUT2D eigenvalue weighted by Gasteiger charge is 2.27. The molecule has 6 heteroatoms. The van der Waals surface area contributed by atoms with Gasteiger partial charge in [-0.05, 0) is 38.8 Å². The van der Waals surface area contributed by atoms with Crippen LogP contribution in [0.2, 0.25) is 0 Å². The molecular formula is C17H23N3O3. The Hall–Kier alpha value is -2.08. The van der Waals surface area contributed by atoms with Crippen LogP contribution in [0, 0.1) is 6.92 Å². The maximum Gasteiger partial charge on any atom is 0.374 e. The zero-order chi connectivity index (χ0) is 16.4. The molecule has 3 heterocycles. The number of methoxy groups -OCH3 is 1. The number of furan rings is 1. The molecule has 2 aromatic rings. The molecule has 1 fully saturated rings. The van der Waals surface area contributed by atoms with Crippen molar-refractivity contribution in [3.8, 4) is 0 Å². The summed E-state index contributed by atoms with van der Waals surface area (Å²) >= 11 is 0. The minimum Gasteiger partial charge on any atom is -0.463 e. The summed E-state index contributed by atoms with van der Waals surface area (Å²) in [4.78, 5) is 14.1. The topological polar surface area (TPSA) is 60.5 Å². The maximum atomic E-state index is 11.7. The predicted molar refractivity (Wildman–Crippen MR) is 85.3 cm³/mol. The maximum absolute atomic E-state index is 11.7. The molecule has 0 aromatic carbocycles. The van der Waals surface area contributed by atoms with Crippen LogP contribution in [0.4, 0.5) is 0 Å². The standard InChI is InChI=1S/C17H23N3O3/c1-12-11-15(23-16(12)17(21)22-3)13(2)19-9-5-14(6-10-19)20-8-4-7-18-20/h4,7-8,11,13-14H,5-6,9-10H2,1-3H3/t13-/m0/s1. The molecule has 0 bridgehead atoms. The van der Waals surface area contributed by atoms with E-state index in [1.54, 1.807) is 0 Å². The Morgan fingerprint density at radius 3 is 2.78 bits per heavy atom. The highest BCUT2D eigenvalue weighted by molar-refractivity contribution is 5.87. The molecular weight excluding hydrogens is 294 g/mol. The van der Waals surface area contributed by atoms with E-state index in [0.717, 1.165) is 37.3 Å². The van der Waals surface area contributed by atoms with Crippen LogP contribution in [-0.2, 0) is 4.74 Å². The molecule has 1 aliphatic heterocycles. The number of likely N-dealkylation sites (tertiary alicyclic amines) is 1. The van der Waals surface area contributed by atoms with Crippen molar-refractivity contribution in [3.63, 3.8) is 0 Å². The smallest absolute Gasteiger partial charge is 0.374 e. The Kier molecular flexibility index (Phi) is 4.52. The number of carbonyl (C=O) groups excluding carboxylic acids is 1.